The summed E-state index contributed by atoms with van der Waals surface area (Å²) < 4.78 is 49.7. The molecule has 19 heteroatoms. The van der Waals surface area contributed by atoms with Crippen molar-refractivity contribution in [3.63, 3.8) is 0 Å². The number of ether oxygens (including phenoxy) is 4. The minimum Gasteiger partial charge on any atom is -0.455 e. The molecule has 1 atom stereocenters. The molecule has 0 radical (unpaired) electrons. The van der Waals surface area contributed by atoms with Crippen LogP contribution in [0.15, 0.2) is 18.2 Å². The van der Waals surface area contributed by atoms with Gasteiger partial charge in [-0.3, -0.25) is 18.9 Å². The third-order valence-corrected chi connectivity index (χ3v) is 13.8. The molecule has 326 valence electrons. The maximum absolute atomic E-state index is 14.3. The molecule has 3 aromatic rings. The Labute approximate surface area is 373 Å². The summed E-state index contributed by atoms with van der Waals surface area (Å²) in [6.45, 7) is 10.2. The van der Waals surface area contributed by atoms with Gasteiger partial charge in [-0.05, 0) is 78.5 Å². The highest BCUT2D eigenvalue weighted by atomic mass is 35.5. The number of carbonyl (C=O) groups is 4. The molecule has 0 aliphatic carbocycles. The number of hydrogen-bond acceptors (Lipinski definition) is 12. The van der Waals surface area contributed by atoms with E-state index in [2.05, 4.69) is 5.32 Å². The number of hydrogen-bond donors (Lipinski definition) is 2. The van der Waals surface area contributed by atoms with E-state index in [1.807, 2.05) is 0 Å². The summed E-state index contributed by atoms with van der Waals surface area (Å²) in [7, 11) is -2.07. The molecular weight excluding hydrogens is 907 g/mol. The van der Waals surface area contributed by atoms with Gasteiger partial charge < -0.3 is 38.4 Å². The molecule has 2 aliphatic heterocycles. The number of amides is 1. The lowest BCUT2D eigenvalue weighted by atomic mass is 9.76. The van der Waals surface area contributed by atoms with Crippen LogP contribution in [0.1, 0.15) is 106 Å². The number of esters is 3. The number of carbonyl (C=O) groups excluding carboxylic acids is 4. The highest BCUT2D eigenvalue weighted by molar-refractivity contribution is 7.62. The molecule has 5 rings (SSSR count). The van der Waals surface area contributed by atoms with Gasteiger partial charge in [-0.1, -0.05) is 70.8 Å². The number of halogens is 5. The Kier molecular flexibility index (Phi) is 14.6. The zero-order chi connectivity index (χ0) is 44.7. The predicted molar refractivity (Wildman–Crippen MR) is 228 cm³/mol. The number of nitrogens with one attached hydrogen (secondary N) is 1. The van der Waals surface area contributed by atoms with E-state index >= 15 is 0 Å². The Morgan fingerprint density at radius 1 is 0.800 bits per heavy atom. The van der Waals surface area contributed by atoms with E-state index in [0.29, 0.717) is 19.4 Å². The molecule has 3 aromatic carbocycles. The van der Waals surface area contributed by atoms with E-state index < -0.39 is 41.9 Å². The predicted octanol–water partition coefficient (Wildman–Crippen LogP) is 10.1. The Hall–Kier alpha value is -3.10. The topological polar surface area (TPSA) is 173 Å². The van der Waals surface area contributed by atoms with E-state index in [1.165, 1.54) is 18.2 Å². The number of rotatable bonds is 14. The third kappa shape index (κ3) is 9.03. The van der Waals surface area contributed by atoms with Crippen LogP contribution >= 0.6 is 65.6 Å². The standard InChI is InChI=1S/C41H45Cl5NO12P/c1-39(2,3)37(51)57-24-19-23-21(18-25(24)60(53,54-7)55-8)41(28-27(36(50)59-41)29(42)31(44)32(45)30(28)43)22-17-20(13-14-26(49)47-15-11-9-10-12-16-48)34(33(46)35(22)56-23)58-38(52)40(4,5)6/h17-19,48H,9-16H2,1-8H3,(H,47,49). The van der Waals surface area contributed by atoms with Crippen LogP contribution in [0.2, 0.25) is 25.1 Å². The minimum absolute atomic E-state index is 0.00774. The summed E-state index contributed by atoms with van der Waals surface area (Å²) in [5.74, 6) is -3.51. The molecule has 1 unspecified atom stereocenters. The average molecular weight is 952 g/mol. The fourth-order valence-corrected chi connectivity index (χ4v) is 9.06. The Bertz CT molecular complexity index is 2300. The molecule has 0 aromatic heterocycles. The van der Waals surface area contributed by atoms with Gasteiger partial charge in [-0.15, -0.1) is 0 Å². The monoisotopic (exact) mass is 949 g/mol. The summed E-state index contributed by atoms with van der Waals surface area (Å²) in [5, 5.41) is 10.4. The van der Waals surface area contributed by atoms with Gasteiger partial charge in [0.15, 0.2) is 17.1 Å². The van der Waals surface area contributed by atoms with E-state index in [1.54, 1.807) is 41.5 Å². The highest BCUT2D eigenvalue weighted by Crippen LogP contribution is 2.64. The van der Waals surface area contributed by atoms with Crippen LogP contribution in [0.3, 0.4) is 0 Å². The molecule has 0 bridgehead atoms. The Balaban J connectivity index is 1.83. The molecule has 2 N–H and O–H groups in total. The van der Waals surface area contributed by atoms with E-state index in [0.717, 1.165) is 27.1 Å². The van der Waals surface area contributed by atoms with Gasteiger partial charge in [0, 0.05) is 56.5 Å². The van der Waals surface area contributed by atoms with E-state index in [-0.39, 0.29) is 107 Å². The van der Waals surface area contributed by atoms with Crippen molar-refractivity contribution < 1.29 is 56.8 Å². The van der Waals surface area contributed by atoms with Crippen LogP contribution in [0, 0.1) is 10.8 Å². The lowest BCUT2D eigenvalue weighted by Gasteiger charge is -2.38. The number of fused-ring (bicyclic) bond motifs is 6. The molecule has 2 aliphatic rings. The quantitative estimate of drug-likeness (QED) is 0.0392. The van der Waals surface area contributed by atoms with Crippen LogP contribution in [-0.2, 0) is 44.8 Å². The van der Waals surface area contributed by atoms with Gasteiger partial charge in [0.05, 0.1) is 36.5 Å². The molecule has 1 amide bonds. The Morgan fingerprint density at radius 3 is 2.00 bits per heavy atom. The van der Waals surface area contributed by atoms with Gasteiger partial charge >= 0.3 is 25.5 Å². The minimum atomic E-state index is -4.32. The molecule has 0 saturated carbocycles. The molecule has 13 nitrogen and oxygen atoms in total. The summed E-state index contributed by atoms with van der Waals surface area (Å²) in [4.78, 5) is 54.1. The van der Waals surface area contributed by atoms with Gasteiger partial charge in [-0.25, -0.2) is 4.79 Å². The average Bonchev–Trinajstić information content (AvgIpc) is 3.49. The SMILES string of the molecule is COP(=O)(OC)c1cc2c(cc1OC(=O)C(C)(C)C)Oc1c(cc(CCC(=O)NCCCCCCO)c(OC(=O)C(C)(C)C)c1Cl)C21OC(=O)c2c(Cl)c(Cl)c(Cl)c(Cl)c21. The maximum Gasteiger partial charge on any atom is 0.364 e. The zero-order valence-electron chi connectivity index (χ0n) is 34.2. The first-order valence-corrected chi connectivity index (χ1v) is 22.3. The Morgan fingerprint density at radius 2 is 1.40 bits per heavy atom. The van der Waals surface area contributed by atoms with E-state index in [9.17, 15) is 23.7 Å². The fourth-order valence-electron chi connectivity index (χ4n) is 6.48. The molecule has 0 fully saturated rings. The van der Waals surface area contributed by atoms with Gasteiger partial charge in [0.25, 0.3) is 0 Å². The van der Waals surface area contributed by atoms with Gasteiger partial charge in [0.1, 0.15) is 21.8 Å². The summed E-state index contributed by atoms with van der Waals surface area (Å²) in [6.07, 6.45) is 2.84. The second-order valence-electron chi connectivity index (χ2n) is 16.2. The smallest absolute Gasteiger partial charge is 0.364 e. The van der Waals surface area contributed by atoms with Crippen LogP contribution < -0.4 is 24.8 Å². The van der Waals surface area contributed by atoms with Crippen molar-refractivity contribution in [3.8, 4) is 23.0 Å². The first-order valence-electron chi connectivity index (χ1n) is 18.8. The van der Waals surface area contributed by atoms with Crippen molar-refractivity contribution in [2.24, 2.45) is 10.8 Å². The van der Waals surface area contributed by atoms with Crippen molar-refractivity contribution in [2.75, 3.05) is 27.4 Å². The van der Waals surface area contributed by atoms with Crippen molar-refractivity contribution in [1.82, 2.24) is 5.32 Å². The summed E-state index contributed by atoms with van der Waals surface area (Å²) >= 11 is 34.0. The van der Waals surface area contributed by atoms with Crippen LogP contribution in [0.5, 0.6) is 23.0 Å². The van der Waals surface area contributed by atoms with Crippen LogP contribution in [0.25, 0.3) is 0 Å². The number of aryl methyl sites for hydroxylation is 1. The molecule has 1 spiro atoms. The van der Waals surface area contributed by atoms with Crippen molar-refractivity contribution in [1.29, 1.82) is 0 Å². The third-order valence-electron chi connectivity index (χ3n) is 9.78. The lowest BCUT2D eigenvalue weighted by molar-refractivity contribution is -0.143. The second-order valence-corrected chi connectivity index (χ2v) is 20.3. The fraction of sp³-hybridized carbons (Fsp3) is 0.463. The van der Waals surface area contributed by atoms with Crippen LogP contribution in [0.4, 0.5) is 0 Å². The van der Waals surface area contributed by atoms with Crippen molar-refractivity contribution in [3.05, 3.63) is 71.1 Å². The van der Waals surface area contributed by atoms with E-state index in [4.69, 9.17) is 91.1 Å². The second kappa shape index (κ2) is 18.3. The van der Waals surface area contributed by atoms with Crippen molar-refractivity contribution in [2.45, 2.75) is 85.7 Å². The normalized spacial score (nSPS) is 15.8. The number of aliphatic hydroxyl groups excluding tert-OH is 1. The first kappa shape index (κ1) is 47.9. The molecular formula is C41H45Cl5NO12P. The number of aliphatic hydroxyl groups is 1. The van der Waals surface area contributed by atoms with Crippen LogP contribution in [-0.4, -0.2) is 56.3 Å². The van der Waals surface area contributed by atoms with Gasteiger partial charge in [0.2, 0.25) is 5.91 Å². The number of benzene rings is 3. The highest BCUT2D eigenvalue weighted by Gasteiger charge is 2.58. The van der Waals surface area contributed by atoms with Gasteiger partial charge in [-0.2, -0.15) is 0 Å². The summed E-state index contributed by atoms with van der Waals surface area (Å²) in [6, 6.07) is 3.98. The maximum atomic E-state index is 14.3. The van der Waals surface area contributed by atoms with Crippen molar-refractivity contribution >= 4 is 94.7 Å². The summed E-state index contributed by atoms with van der Waals surface area (Å²) in [5.41, 5.74) is -4.43. The molecule has 0 saturated heterocycles. The molecule has 2 heterocycles. The zero-order valence-corrected chi connectivity index (χ0v) is 38.8. The largest absolute Gasteiger partial charge is 0.455 e. The first-order chi connectivity index (χ1) is 28.0. The molecule has 60 heavy (non-hydrogen) atoms. The number of unbranched alkanes of at least 4 members (excludes halogenated alkanes) is 3. The lowest BCUT2D eigenvalue weighted by Crippen LogP contribution is -2.36.